The van der Waals surface area contributed by atoms with E-state index in [4.69, 9.17) is 4.74 Å². The van der Waals surface area contributed by atoms with Gasteiger partial charge < -0.3 is 15.0 Å². The van der Waals surface area contributed by atoms with E-state index in [2.05, 4.69) is 29.4 Å². The van der Waals surface area contributed by atoms with Gasteiger partial charge in [0.25, 0.3) is 0 Å². The van der Waals surface area contributed by atoms with E-state index in [-0.39, 0.29) is 0 Å². The molecule has 0 saturated heterocycles. The molecule has 0 spiro atoms. The van der Waals surface area contributed by atoms with E-state index in [1.807, 2.05) is 6.07 Å². The Balaban J connectivity index is 2.02. The number of hydrogen-bond donors (Lipinski definition) is 2. The molecule has 1 aromatic heterocycles. The Kier molecular flexibility index (Phi) is 3.47. The van der Waals surface area contributed by atoms with Gasteiger partial charge in [-0.3, -0.25) is 0 Å². The highest BCUT2D eigenvalue weighted by atomic mass is 16.5. The second kappa shape index (κ2) is 5.25. The largest absolute Gasteiger partial charge is 0.497 e. The van der Waals surface area contributed by atoms with E-state index in [9.17, 15) is 0 Å². The van der Waals surface area contributed by atoms with Crippen LogP contribution in [-0.4, -0.2) is 18.6 Å². The van der Waals surface area contributed by atoms with Gasteiger partial charge in [-0.15, -0.1) is 0 Å². The van der Waals surface area contributed by atoms with Gasteiger partial charge in [-0.25, -0.2) is 0 Å². The average molecular weight is 258 g/mol. The van der Waals surface area contributed by atoms with E-state index in [0.717, 1.165) is 18.7 Å². The molecule has 19 heavy (non-hydrogen) atoms. The average Bonchev–Trinajstić information content (AvgIpc) is 2.83. The molecule has 3 nitrogen and oxygen atoms in total. The van der Waals surface area contributed by atoms with Gasteiger partial charge in [0.05, 0.1) is 7.11 Å². The van der Waals surface area contributed by atoms with Crippen molar-refractivity contribution >= 4 is 10.9 Å². The number of fused-ring (bicyclic) bond motifs is 3. The fourth-order valence-electron chi connectivity index (χ4n) is 3.07. The summed E-state index contributed by atoms with van der Waals surface area (Å²) in [5.41, 5.74) is 4.10. The van der Waals surface area contributed by atoms with E-state index in [0.29, 0.717) is 6.04 Å². The number of benzene rings is 1. The van der Waals surface area contributed by atoms with Gasteiger partial charge >= 0.3 is 0 Å². The highest BCUT2D eigenvalue weighted by Gasteiger charge is 2.23. The molecule has 0 aliphatic carbocycles. The molecular weight excluding hydrogens is 236 g/mol. The maximum Gasteiger partial charge on any atom is 0.119 e. The molecule has 1 atom stereocenters. The van der Waals surface area contributed by atoms with E-state index in [1.54, 1.807) is 7.11 Å². The number of methoxy groups -OCH3 is 1. The standard InChI is InChI=1S/C16H22N2O/c1-3-4-5-15-16-12(8-9-17-15)13-10-11(19-2)6-7-14(13)18-16/h6-7,10,15,17-18H,3-5,8-9H2,1-2H3. The molecule has 0 fully saturated rings. The van der Waals surface area contributed by atoms with Crippen molar-refractivity contribution in [1.82, 2.24) is 10.3 Å². The van der Waals surface area contributed by atoms with Gasteiger partial charge in [0.1, 0.15) is 5.75 Å². The number of nitrogens with one attached hydrogen (secondary N) is 2. The minimum atomic E-state index is 0.488. The normalized spacial score (nSPS) is 18.5. The zero-order chi connectivity index (χ0) is 13.2. The highest BCUT2D eigenvalue weighted by molar-refractivity contribution is 5.86. The molecule has 0 amide bonds. The Hall–Kier alpha value is -1.48. The Morgan fingerprint density at radius 1 is 1.37 bits per heavy atom. The number of hydrogen-bond acceptors (Lipinski definition) is 2. The molecule has 3 rings (SSSR count). The minimum Gasteiger partial charge on any atom is -0.497 e. The molecule has 1 aliphatic heterocycles. The van der Waals surface area contributed by atoms with Gasteiger partial charge in [0.15, 0.2) is 0 Å². The predicted octanol–water partition coefficient (Wildman–Crippen LogP) is 3.55. The van der Waals surface area contributed by atoms with Gasteiger partial charge in [-0.05, 0) is 43.1 Å². The first kappa shape index (κ1) is 12.5. The topological polar surface area (TPSA) is 37.0 Å². The molecule has 2 N–H and O–H groups in total. The van der Waals surface area contributed by atoms with E-state index in [1.165, 1.54) is 41.4 Å². The zero-order valence-corrected chi connectivity index (χ0v) is 11.8. The summed E-state index contributed by atoms with van der Waals surface area (Å²) in [7, 11) is 1.73. The summed E-state index contributed by atoms with van der Waals surface area (Å²) in [4.78, 5) is 3.61. The third-order valence-electron chi connectivity index (χ3n) is 4.11. The number of rotatable bonds is 4. The molecule has 2 heterocycles. The second-order valence-corrected chi connectivity index (χ2v) is 5.33. The van der Waals surface area contributed by atoms with Gasteiger partial charge in [0, 0.05) is 22.6 Å². The van der Waals surface area contributed by atoms with Crippen LogP contribution in [0.2, 0.25) is 0 Å². The van der Waals surface area contributed by atoms with Crippen molar-refractivity contribution in [2.75, 3.05) is 13.7 Å². The number of unbranched alkanes of at least 4 members (excludes halogenated alkanes) is 1. The van der Waals surface area contributed by atoms with Crippen LogP contribution in [0.25, 0.3) is 10.9 Å². The summed E-state index contributed by atoms with van der Waals surface area (Å²) in [6, 6.07) is 6.80. The first-order valence-corrected chi connectivity index (χ1v) is 7.25. The number of aromatic amines is 1. The van der Waals surface area contributed by atoms with Crippen molar-refractivity contribution in [2.24, 2.45) is 0 Å². The summed E-state index contributed by atoms with van der Waals surface area (Å²) < 4.78 is 5.34. The van der Waals surface area contributed by atoms with Crippen molar-refractivity contribution in [3.05, 3.63) is 29.5 Å². The molecular formula is C16H22N2O. The fraction of sp³-hybridized carbons (Fsp3) is 0.500. The smallest absolute Gasteiger partial charge is 0.119 e. The first-order chi connectivity index (χ1) is 9.33. The quantitative estimate of drug-likeness (QED) is 0.880. The molecule has 1 aromatic carbocycles. The third kappa shape index (κ3) is 2.23. The summed E-state index contributed by atoms with van der Waals surface area (Å²) in [5.74, 6) is 0.943. The van der Waals surface area contributed by atoms with E-state index < -0.39 is 0 Å². The van der Waals surface area contributed by atoms with Crippen LogP contribution in [0.3, 0.4) is 0 Å². The number of H-pyrrole nitrogens is 1. The summed E-state index contributed by atoms with van der Waals surface area (Å²) in [6.45, 7) is 3.32. The monoisotopic (exact) mass is 258 g/mol. The molecule has 0 radical (unpaired) electrons. The highest BCUT2D eigenvalue weighted by Crippen LogP contribution is 2.33. The van der Waals surface area contributed by atoms with Crippen LogP contribution in [0.15, 0.2) is 18.2 Å². The molecule has 1 aliphatic rings. The Morgan fingerprint density at radius 2 is 2.26 bits per heavy atom. The first-order valence-electron chi connectivity index (χ1n) is 7.25. The van der Waals surface area contributed by atoms with Crippen LogP contribution in [-0.2, 0) is 6.42 Å². The van der Waals surface area contributed by atoms with Gasteiger partial charge in [0.2, 0.25) is 0 Å². The van der Waals surface area contributed by atoms with Crippen LogP contribution in [0.5, 0.6) is 5.75 Å². The predicted molar refractivity (Wildman–Crippen MR) is 78.8 cm³/mol. The molecule has 1 unspecified atom stereocenters. The summed E-state index contributed by atoms with van der Waals surface area (Å²) in [6.07, 6.45) is 4.84. The maximum absolute atomic E-state index is 5.34. The molecule has 3 heteroatoms. The minimum absolute atomic E-state index is 0.488. The lowest BCUT2D eigenvalue weighted by Crippen LogP contribution is -2.29. The van der Waals surface area contributed by atoms with Crippen LogP contribution < -0.4 is 10.1 Å². The third-order valence-corrected chi connectivity index (χ3v) is 4.11. The lowest BCUT2D eigenvalue weighted by molar-refractivity contribution is 0.415. The Bertz CT molecular complexity index is 573. The fourth-order valence-corrected chi connectivity index (χ4v) is 3.07. The van der Waals surface area contributed by atoms with Gasteiger partial charge in [-0.2, -0.15) is 0 Å². The molecule has 2 aromatic rings. The lowest BCUT2D eigenvalue weighted by atomic mass is 9.96. The zero-order valence-electron chi connectivity index (χ0n) is 11.8. The molecule has 102 valence electrons. The second-order valence-electron chi connectivity index (χ2n) is 5.33. The van der Waals surface area contributed by atoms with Crippen LogP contribution in [0.4, 0.5) is 0 Å². The molecule has 0 bridgehead atoms. The van der Waals surface area contributed by atoms with Crippen molar-refractivity contribution in [2.45, 2.75) is 38.6 Å². The Morgan fingerprint density at radius 3 is 3.05 bits per heavy atom. The van der Waals surface area contributed by atoms with Gasteiger partial charge in [-0.1, -0.05) is 19.8 Å². The summed E-state index contributed by atoms with van der Waals surface area (Å²) in [5, 5.41) is 4.97. The van der Waals surface area contributed by atoms with Crippen LogP contribution in [0.1, 0.15) is 43.5 Å². The maximum atomic E-state index is 5.34. The number of aromatic nitrogens is 1. The lowest BCUT2D eigenvalue weighted by Gasteiger charge is -2.24. The van der Waals surface area contributed by atoms with Crippen molar-refractivity contribution in [3.63, 3.8) is 0 Å². The van der Waals surface area contributed by atoms with Crippen molar-refractivity contribution in [3.8, 4) is 5.75 Å². The summed E-state index contributed by atoms with van der Waals surface area (Å²) >= 11 is 0. The van der Waals surface area contributed by atoms with E-state index >= 15 is 0 Å². The SMILES string of the molecule is CCCCC1NCCc2c1[nH]c1ccc(OC)cc21. The van der Waals surface area contributed by atoms with Crippen molar-refractivity contribution < 1.29 is 4.74 Å². The Labute approximate surface area is 114 Å². The van der Waals surface area contributed by atoms with Crippen molar-refractivity contribution in [1.29, 1.82) is 0 Å². The van der Waals surface area contributed by atoms with Crippen LogP contribution in [0, 0.1) is 0 Å². The number of ether oxygens (including phenoxy) is 1. The van der Waals surface area contributed by atoms with Crippen LogP contribution >= 0.6 is 0 Å². The molecule has 0 saturated carbocycles.